The highest BCUT2D eigenvalue weighted by Crippen LogP contribution is 2.29. The van der Waals surface area contributed by atoms with E-state index in [9.17, 15) is 4.79 Å². The summed E-state index contributed by atoms with van der Waals surface area (Å²) in [5.74, 6) is 0.869. The van der Waals surface area contributed by atoms with Crippen molar-refractivity contribution in [3.8, 4) is 5.75 Å². The summed E-state index contributed by atoms with van der Waals surface area (Å²) >= 11 is 17.2. The average molecular weight is 411 g/mol. The highest BCUT2D eigenvalue weighted by atomic mass is 35.5. The first-order valence-electron chi connectivity index (χ1n) is 8.16. The number of halogens is 2. The van der Waals surface area contributed by atoms with E-state index >= 15 is 0 Å². The molecule has 1 amide bonds. The van der Waals surface area contributed by atoms with Crippen molar-refractivity contribution in [2.24, 2.45) is 5.92 Å². The van der Waals surface area contributed by atoms with Crippen LogP contribution >= 0.6 is 35.4 Å². The fraction of sp³-hybridized carbons (Fsp3) is 0.263. The molecule has 0 bridgehead atoms. The number of anilines is 1. The first kappa shape index (κ1) is 20.5. The standard InChI is InChI=1S/C19H20Cl2N2O2S/c1-12(2)9-10-25-14-6-3-5-13(11-14)18(24)23-19(26)22-16-8-4-7-15(20)17(16)21/h3-8,11-12H,9-10H2,1-2H3,(H2,22,23,24,26). The molecule has 0 saturated carbocycles. The van der Waals surface area contributed by atoms with Gasteiger partial charge in [0.2, 0.25) is 0 Å². The van der Waals surface area contributed by atoms with Crippen molar-refractivity contribution in [2.75, 3.05) is 11.9 Å². The molecule has 2 aromatic carbocycles. The zero-order valence-corrected chi connectivity index (χ0v) is 16.8. The Morgan fingerprint density at radius 2 is 1.92 bits per heavy atom. The summed E-state index contributed by atoms with van der Waals surface area (Å²) in [4.78, 5) is 12.4. The second-order valence-electron chi connectivity index (χ2n) is 6.07. The van der Waals surface area contributed by atoms with Crippen molar-refractivity contribution in [2.45, 2.75) is 20.3 Å². The van der Waals surface area contributed by atoms with Gasteiger partial charge in [-0.1, -0.05) is 49.2 Å². The van der Waals surface area contributed by atoms with Gasteiger partial charge in [-0.15, -0.1) is 0 Å². The number of carbonyl (C=O) groups excluding carboxylic acids is 1. The van der Waals surface area contributed by atoms with E-state index in [2.05, 4.69) is 24.5 Å². The largest absolute Gasteiger partial charge is 0.494 e. The van der Waals surface area contributed by atoms with Crippen LogP contribution in [-0.2, 0) is 0 Å². The lowest BCUT2D eigenvalue weighted by Crippen LogP contribution is -2.34. The third-order valence-corrected chi connectivity index (χ3v) is 4.51. The van der Waals surface area contributed by atoms with Gasteiger partial charge in [0.25, 0.3) is 5.91 Å². The van der Waals surface area contributed by atoms with E-state index in [-0.39, 0.29) is 11.0 Å². The Balaban J connectivity index is 1.96. The molecule has 2 N–H and O–H groups in total. The molecule has 4 nitrogen and oxygen atoms in total. The second-order valence-corrected chi connectivity index (χ2v) is 7.26. The smallest absolute Gasteiger partial charge is 0.257 e. The van der Waals surface area contributed by atoms with Gasteiger partial charge >= 0.3 is 0 Å². The van der Waals surface area contributed by atoms with Crippen LogP contribution in [0.3, 0.4) is 0 Å². The summed E-state index contributed by atoms with van der Waals surface area (Å²) in [7, 11) is 0. The fourth-order valence-electron chi connectivity index (χ4n) is 2.07. The number of thiocarbonyl (C=S) groups is 1. The maximum Gasteiger partial charge on any atom is 0.257 e. The molecule has 26 heavy (non-hydrogen) atoms. The molecule has 0 saturated heterocycles. The first-order chi connectivity index (χ1) is 12.4. The number of carbonyl (C=O) groups is 1. The minimum Gasteiger partial charge on any atom is -0.494 e. The van der Waals surface area contributed by atoms with E-state index in [1.165, 1.54) is 0 Å². The molecular weight excluding hydrogens is 391 g/mol. The normalized spacial score (nSPS) is 10.5. The van der Waals surface area contributed by atoms with Gasteiger partial charge in [0.1, 0.15) is 5.75 Å². The van der Waals surface area contributed by atoms with Gasteiger partial charge in [-0.05, 0) is 54.9 Å². The Morgan fingerprint density at radius 3 is 2.65 bits per heavy atom. The molecule has 2 rings (SSSR count). The highest BCUT2D eigenvalue weighted by molar-refractivity contribution is 7.80. The summed E-state index contributed by atoms with van der Waals surface area (Å²) < 4.78 is 5.68. The summed E-state index contributed by atoms with van der Waals surface area (Å²) in [5.41, 5.74) is 0.976. The predicted molar refractivity (Wildman–Crippen MR) is 112 cm³/mol. The Kier molecular flexibility index (Phi) is 7.69. The van der Waals surface area contributed by atoms with Gasteiger partial charge < -0.3 is 10.1 Å². The summed E-state index contributed by atoms with van der Waals surface area (Å²) in [5, 5.41) is 6.35. The van der Waals surface area contributed by atoms with Crippen molar-refractivity contribution >= 4 is 52.1 Å². The van der Waals surface area contributed by atoms with E-state index in [0.717, 1.165) is 6.42 Å². The maximum absolute atomic E-state index is 12.4. The molecule has 0 aromatic heterocycles. The number of ether oxygens (including phenoxy) is 1. The third kappa shape index (κ3) is 6.16. The molecule has 0 atom stereocenters. The molecular formula is C19H20Cl2N2O2S. The minimum absolute atomic E-state index is 0.130. The Hall–Kier alpha value is -1.82. The van der Waals surface area contributed by atoms with Crippen molar-refractivity contribution < 1.29 is 9.53 Å². The Morgan fingerprint density at radius 1 is 1.19 bits per heavy atom. The van der Waals surface area contributed by atoms with Gasteiger partial charge in [-0.2, -0.15) is 0 Å². The van der Waals surface area contributed by atoms with E-state index in [1.807, 2.05) is 6.07 Å². The monoisotopic (exact) mass is 410 g/mol. The molecule has 0 radical (unpaired) electrons. The molecule has 0 aliphatic heterocycles. The number of benzene rings is 2. The van der Waals surface area contributed by atoms with Crippen LogP contribution in [0.1, 0.15) is 30.6 Å². The number of hydrogen-bond acceptors (Lipinski definition) is 3. The number of rotatable bonds is 6. The van der Waals surface area contributed by atoms with Crippen molar-refractivity contribution in [1.82, 2.24) is 5.32 Å². The molecule has 0 unspecified atom stereocenters. The van der Waals surface area contributed by atoms with Gasteiger partial charge in [0, 0.05) is 5.56 Å². The van der Waals surface area contributed by atoms with Crippen LogP contribution in [0, 0.1) is 5.92 Å². The van der Waals surface area contributed by atoms with Crippen LogP contribution in [0.25, 0.3) is 0 Å². The second kappa shape index (κ2) is 9.76. The van der Waals surface area contributed by atoms with Crippen LogP contribution in [-0.4, -0.2) is 17.6 Å². The summed E-state index contributed by atoms with van der Waals surface area (Å²) in [6, 6.07) is 12.1. The predicted octanol–water partition coefficient (Wildman–Crippen LogP) is 5.55. The van der Waals surface area contributed by atoms with Gasteiger partial charge in [-0.25, -0.2) is 0 Å². The number of nitrogens with one attached hydrogen (secondary N) is 2. The van der Waals surface area contributed by atoms with Gasteiger partial charge in [-0.3, -0.25) is 10.1 Å². The summed E-state index contributed by atoms with van der Waals surface area (Å²) in [6.07, 6.45) is 0.949. The third-order valence-electron chi connectivity index (χ3n) is 3.49. The Bertz CT molecular complexity index is 797. The van der Waals surface area contributed by atoms with E-state index in [0.29, 0.717) is 39.6 Å². The quantitative estimate of drug-likeness (QED) is 0.613. The zero-order chi connectivity index (χ0) is 19.1. The number of hydrogen-bond donors (Lipinski definition) is 2. The van der Waals surface area contributed by atoms with Crippen LogP contribution in [0.5, 0.6) is 5.75 Å². The minimum atomic E-state index is -0.338. The molecule has 0 heterocycles. The fourth-order valence-corrected chi connectivity index (χ4v) is 2.62. The van der Waals surface area contributed by atoms with Crippen molar-refractivity contribution in [1.29, 1.82) is 0 Å². The maximum atomic E-state index is 12.4. The Labute approximate surface area is 168 Å². The SMILES string of the molecule is CC(C)CCOc1cccc(C(=O)NC(=S)Nc2cccc(Cl)c2Cl)c1. The number of amides is 1. The van der Waals surface area contributed by atoms with Crippen LogP contribution in [0.4, 0.5) is 5.69 Å². The van der Waals surface area contributed by atoms with Crippen LogP contribution < -0.4 is 15.4 Å². The highest BCUT2D eigenvalue weighted by Gasteiger charge is 2.11. The average Bonchev–Trinajstić information content (AvgIpc) is 2.59. The molecule has 0 fully saturated rings. The first-order valence-corrected chi connectivity index (χ1v) is 9.32. The van der Waals surface area contributed by atoms with Gasteiger partial charge in [0.05, 0.1) is 22.3 Å². The summed E-state index contributed by atoms with van der Waals surface area (Å²) in [6.45, 7) is 4.87. The topological polar surface area (TPSA) is 50.4 Å². The molecule has 0 aliphatic rings. The lowest BCUT2D eigenvalue weighted by molar-refractivity contribution is 0.0977. The lowest BCUT2D eigenvalue weighted by atomic mass is 10.1. The molecule has 0 aliphatic carbocycles. The zero-order valence-electron chi connectivity index (χ0n) is 14.5. The van der Waals surface area contributed by atoms with Crippen molar-refractivity contribution in [3.05, 3.63) is 58.1 Å². The van der Waals surface area contributed by atoms with E-state index in [4.69, 9.17) is 40.2 Å². The molecule has 7 heteroatoms. The molecule has 2 aromatic rings. The van der Waals surface area contributed by atoms with Crippen LogP contribution in [0.15, 0.2) is 42.5 Å². The van der Waals surface area contributed by atoms with Crippen molar-refractivity contribution in [3.63, 3.8) is 0 Å². The van der Waals surface area contributed by atoms with E-state index in [1.54, 1.807) is 36.4 Å². The molecule has 0 spiro atoms. The van der Waals surface area contributed by atoms with Gasteiger partial charge in [0.15, 0.2) is 5.11 Å². The molecule has 138 valence electrons. The lowest BCUT2D eigenvalue weighted by Gasteiger charge is -2.12. The van der Waals surface area contributed by atoms with Crippen LogP contribution in [0.2, 0.25) is 10.0 Å². The van der Waals surface area contributed by atoms with E-state index < -0.39 is 0 Å².